The minimum absolute atomic E-state index is 0.495. The van der Waals surface area contributed by atoms with Gasteiger partial charge in [0, 0.05) is 12.1 Å². The molecule has 1 aliphatic carbocycles. The van der Waals surface area contributed by atoms with E-state index >= 15 is 0 Å². The molecular formula is C13H20ClN3S. The van der Waals surface area contributed by atoms with Gasteiger partial charge in [0.25, 0.3) is 0 Å². The lowest BCUT2D eigenvalue weighted by Gasteiger charge is -2.34. The van der Waals surface area contributed by atoms with Gasteiger partial charge < -0.3 is 5.32 Å². The van der Waals surface area contributed by atoms with Crippen LogP contribution in [0.3, 0.4) is 0 Å². The lowest BCUT2D eigenvalue weighted by atomic mass is 9.78. The molecule has 100 valence electrons. The van der Waals surface area contributed by atoms with Gasteiger partial charge in [0.2, 0.25) is 0 Å². The normalized spacial score (nSPS) is 28.1. The molecule has 1 aromatic rings. The SMILES string of the molecule is CSc1nc(Cl)cc(NC2CCCC(C)C2C)n1. The molecule has 0 saturated heterocycles. The van der Waals surface area contributed by atoms with Crippen molar-refractivity contribution in [3.63, 3.8) is 0 Å². The van der Waals surface area contributed by atoms with E-state index in [1.165, 1.54) is 31.0 Å². The molecule has 2 rings (SSSR count). The molecule has 3 atom stereocenters. The van der Waals surface area contributed by atoms with Crippen LogP contribution < -0.4 is 5.32 Å². The second kappa shape index (κ2) is 6.11. The summed E-state index contributed by atoms with van der Waals surface area (Å²) in [6.07, 6.45) is 5.79. The van der Waals surface area contributed by atoms with Crippen LogP contribution in [0.4, 0.5) is 5.82 Å². The topological polar surface area (TPSA) is 37.8 Å². The Morgan fingerprint density at radius 3 is 2.83 bits per heavy atom. The lowest BCUT2D eigenvalue weighted by molar-refractivity contribution is 0.253. The summed E-state index contributed by atoms with van der Waals surface area (Å²) in [6.45, 7) is 4.65. The average Bonchev–Trinajstić information content (AvgIpc) is 2.34. The van der Waals surface area contributed by atoms with Crippen LogP contribution in [0.2, 0.25) is 5.15 Å². The molecule has 1 N–H and O–H groups in total. The fourth-order valence-electron chi connectivity index (χ4n) is 2.54. The van der Waals surface area contributed by atoms with E-state index in [4.69, 9.17) is 11.6 Å². The smallest absolute Gasteiger partial charge is 0.190 e. The summed E-state index contributed by atoms with van der Waals surface area (Å²) in [5.41, 5.74) is 0. The first-order valence-corrected chi connectivity index (χ1v) is 8.05. The monoisotopic (exact) mass is 285 g/mol. The molecule has 0 radical (unpaired) electrons. The molecular weight excluding hydrogens is 266 g/mol. The maximum absolute atomic E-state index is 6.01. The molecule has 0 bridgehead atoms. The Labute approximate surface area is 118 Å². The molecule has 3 unspecified atom stereocenters. The van der Waals surface area contributed by atoms with E-state index in [0.29, 0.717) is 17.1 Å². The number of anilines is 1. The highest BCUT2D eigenvalue weighted by molar-refractivity contribution is 7.98. The van der Waals surface area contributed by atoms with Gasteiger partial charge in [-0.25, -0.2) is 9.97 Å². The highest BCUT2D eigenvalue weighted by Crippen LogP contribution is 2.31. The third-order valence-electron chi connectivity index (χ3n) is 3.90. The number of thioether (sulfide) groups is 1. The lowest BCUT2D eigenvalue weighted by Crippen LogP contribution is -2.35. The standard InChI is InChI=1S/C13H20ClN3S/c1-8-5-4-6-10(9(8)2)15-12-7-11(14)16-13(17-12)18-3/h7-10H,4-6H2,1-3H3,(H,15,16,17). The van der Waals surface area contributed by atoms with Crippen LogP contribution in [0.25, 0.3) is 0 Å². The van der Waals surface area contributed by atoms with E-state index < -0.39 is 0 Å². The van der Waals surface area contributed by atoms with Crippen LogP contribution in [-0.2, 0) is 0 Å². The van der Waals surface area contributed by atoms with Crippen LogP contribution >= 0.6 is 23.4 Å². The molecule has 0 spiro atoms. The van der Waals surface area contributed by atoms with Crippen LogP contribution in [0.15, 0.2) is 11.2 Å². The summed E-state index contributed by atoms with van der Waals surface area (Å²) in [6, 6.07) is 2.31. The van der Waals surface area contributed by atoms with E-state index in [-0.39, 0.29) is 0 Å². The van der Waals surface area contributed by atoms with Crippen molar-refractivity contribution in [2.45, 2.75) is 44.3 Å². The van der Waals surface area contributed by atoms with Gasteiger partial charge in [-0.1, -0.05) is 50.1 Å². The summed E-state index contributed by atoms with van der Waals surface area (Å²) in [5.74, 6) is 2.30. The third-order valence-corrected chi connectivity index (χ3v) is 4.64. The van der Waals surface area contributed by atoms with E-state index in [0.717, 1.165) is 16.9 Å². The van der Waals surface area contributed by atoms with Gasteiger partial charge >= 0.3 is 0 Å². The summed E-state index contributed by atoms with van der Waals surface area (Å²) in [5, 5.41) is 4.76. The highest BCUT2D eigenvalue weighted by Gasteiger charge is 2.27. The maximum atomic E-state index is 6.01. The summed E-state index contributed by atoms with van der Waals surface area (Å²) < 4.78 is 0. The number of nitrogens with one attached hydrogen (secondary N) is 1. The van der Waals surface area contributed by atoms with Gasteiger partial charge in [-0.3, -0.25) is 0 Å². The molecule has 0 aliphatic heterocycles. The number of hydrogen-bond acceptors (Lipinski definition) is 4. The molecule has 1 aliphatic rings. The summed E-state index contributed by atoms with van der Waals surface area (Å²) in [7, 11) is 0. The molecule has 0 amide bonds. The van der Waals surface area contributed by atoms with Crippen molar-refractivity contribution in [2.24, 2.45) is 11.8 Å². The summed E-state index contributed by atoms with van der Waals surface area (Å²) >= 11 is 7.52. The Morgan fingerprint density at radius 1 is 1.33 bits per heavy atom. The van der Waals surface area contributed by atoms with Crippen molar-refractivity contribution in [3.05, 3.63) is 11.2 Å². The predicted octanol–water partition coefficient (Wildman–Crippen LogP) is 4.09. The average molecular weight is 286 g/mol. The molecule has 1 heterocycles. The molecule has 1 fully saturated rings. The predicted molar refractivity (Wildman–Crippen MR) is 78.4 cm³/mol. The molecule has 0 aromatic carbocycles. The van der Waals surface area contributed by atoms with Crippen molar-refractivity contribution in [3.8, 4) is 0 Å². The first-order valence-electron chi connectivity index (χ1n) is 6.45. The van der Waals surface area contributed by atoms with Crippen LogP contribution in [0.1, 0.15) is 33.1 Å². The van der Waals surface area contributed by atoms with Gasteiger partial charge in [-0.2, -0.15) is 0 Å². The fourth-order valence-corrected chi connectivity index (χ4v) is 3.15. The van der Waals surface area contributed by atoms with Gasteiger partial charge in [-0.05, 0) is 24.5 Å². The quantitative estimate of drug-likeness (QED) is 0.516. The molecule has 18 heavy (non-hydrogen) atoms. The van der Waals surface area contributed by atoms with Crippen LogP contribution in [0.5, 0.6) is 0 Å². The molecule has 3 nitrogen and oxygen atoms in total. The molecule has 1 aromatic heterocycles. The largest absolute Gasteiger partial charge is 0.367 e. The van der Waals surface area contributed by atoms with Crippen molar-refractivity contribution in [1.29, 1.82) is 0 Å². The fraction of sp³-hybridized carbons (Fsp3) is 0.692. The number of hydrogen-bond donors (Lipinski definition) is 1. The van der Waals surface area contributed by atoms with Crippen LogP contribution in [-0.4, -0.2) is 22.3 Å². The van der Waals surface area contributed by atoms with E-state index in [9.17, 15) is 0 Å². The van der Waals surface area contributed by atoms with Gasteiger partial charge in [0.1, 0.15) is 11.0 Å². The highest BCUT2D eigenvalue weighted by atomic mass is 35.5. The first kappa shape index (κ1) is 13.9. The van der Waals surface area contributed by atoms with E-state index in [2.05, 4.69) is 29.1 Å². The minimum atomic E-state index is 0.495. The van der Waals surface area contributed by atoms with E-state index in [1.54, 1.807) is 0 Å². The Morgan fingerprint density at radius 2 is 2.11 bits per heavy atom. The maximum Gasteiger partial charge on any atom is 0.190 e. The minimum Gasteiger partial charge on any atom is -0.367 e. The zero-order valence-electron chi connectivity index (χ0n) is 11.1. The van der Waals surface area contributed by atoms with Crippen molar-refractivity contribution < 1.29 is 0 Å². The second-order valence-corrected chi connectivity index (χ2v) is 6.24. The van der Waals surface area contributed by atoms with Gasteiger partial charge in [0.05, 0.1) is 0 Å². The Balaban J connectivity index is 2.10. The number of halogens is 1. The summed E-state index contributed by atoms with van der Waals surface area (Å²) in [4.78, 5) is 8.62. The molecule has 1 saturated carbocycles. The Bertz CT molecular complexity index is 413. The number of nitrogens with zero attached hydrogens (tertiary/aromatic N) is 2. The number of rotatable bonds is 3. The van der Waals surface area contributed by atoms with Crippen molar-refractivity contribution in [2.75, 3.05) is 11.6 Å². The van der Waals surface area contributed by atoms with Gasteiger partial charge in [-0.15, -0.1) is 0 Å². The van der Waals surface area contributed by atoms with Gasteiger partial charge in [0.15, 0.2) is 5.16 Å². The van der Waals surface area contributed by atoms with Crippen LogP contribution in [0, 0.1) is 11.8 Å². The molecule has 5 heteroatoms. The second-order valence-electron chi connectivity index (χ2n) is 5.08. The third kappa shape index (κ3) is 3.29. The number of aromatic nitrogens is 2. The van der Waals surface area contributed by atoms with Crippen molar-refractivity contribution in [1.82, 2.24) is 9.97 Å². The zero-order chi connectivity index (χ0) is 13.1. The first-order chi connectivity index (χ1) is 8.60. The Hall–Kier alpha value is -0.480. The zero-order valence-corrected chi connectivity index (χ0v) is 12.7. The Kier molecular flexibility index (Phi) is 4.73. The van der Waals surface area contributed by atoms with Crippen molar-refractivity contribution >= 4 is 29.2 Å². The van der Waals surface area contributed by atoms with E-state index in [1.807, 2.05) is 12.3 Å².